The number of cyclic esters (lactones) is 1. The average Bonchev–Trinajstić information content (AvgIpc) is 2.56. The van der Waals surface area contributed by atoms with Gasteiger partial charge in [-0.2, -0.15) is 0 Å². The Hall–Kier alpha value is -0.570. The van der Waals surface area contributed by atoms with E-state index in [-0.39, 0.29) is 24.3 Å². The van der Waals surface area contributed by atoms with Crippen molar-refractivity contribution in [2.45, 2.75) is 52.9 Å². The molecule has 0 N–H and O–H groups in total. The summed E-state index contributed by atoms with van der Waals surface area (Å²) < 4.78 is 11.1. The summed E-state index contributed by atoms with van der Waals surface area (Å²) in [5, 5.41) is 0. The monoisotopic (exact) mass is 226 g/mol. The molecule has 2 unspecified atom stereocenters. The second kappa shape index (κ2) is 4.36. The lowest BCUT2D eigenvalue weighted by molar-refractivity contribution is -0.228. The van der Waals surface area contributed by atoms with Crippen molar-refractivity contribution in [2.75, 3.05) is 0 Å². The Bertz CT molecular complexity index is 274. The van der Waals surface area contributed by atoms with Gasteiger partial charge in [0.1, 0.15) is 0 Å². The van der Waals surface area contributed by atoms with E-state index in [2.05, 4.69) is 13.8 Å². The first-order valence-corrected chi connectivity index (χ1v) is 6.36. The largest absolute Gasteiger partial charge is 0.435 e. The minimum atomic E-state index is -0.334. The van der Waals surface area contributed by atoms with Crippen LogP contribution in [0.15, 0.2) is 0 Å². The van der Waals surface area contributed by atoms with E-state index in [0.717, 1.165) is 12.8 Å². The van der Waals surface area contributed by atoms with E-state index in [1.54, 1.807) is 0 Å². The Morgan fingerprint density at radius 1 is 1.31 bits per heavy atom. The fourth-order valence-electron chi connectivity index (χ4n) is 3.16. The van der Waals surface area contributed by atoms with E-state index in [0.29, 0.717) is 17.8 Å². The summed E-state index contributed by atoms with van der Waals surface area (Å²) in [5.74, 6) is 1.33. The zero-order valence-electron chi connectivity index (χ0n) is 10.6. The first kappa shape index (κ1) is 11.9. The van der Waals surface area contributed by atoms with Gasteiger partial charge in [-0.05, 0) is 38.5 Å². The minimum absolute atomic E-state index is 0.0428. The van der Waals surface area contributed by atoms with Crippen LogP contribution in [0.1, 0.15) is 40.5 Å². The van der Waals surface area contributed by atoms with Crippen molar-refractivity contribution in [3.8, 4) is 0 Å². The van der Waals surface area contributed by atoms with Gasteiger partial charge >= 0.3 is 5.97 Å². The fourth-order valence-corrected chi connectivity index (χ4v) is 3.16. The third-order valence-corrected chi connectivity index (χ3v) is 4.05. The molecule has 5 atom stereocenters. The second-order valence-electron chi connectivity index (χ2n) is 5.59. The van der Waals surface area contributed by atoms with Crippen LogP contribution in [0.2, 0.25) is 0 Å². The standard InChI is InChI=1S/C13H22O3/c1-7(2)15-13-9(4)10-6-5-8(3)11(10)12(14)16-13/h7-11,13H,5-6H2,1-4H3/t8-,9?,10+,11+,13?/m0/s1. The summed E-state index contributed by atoms with van der Waals surface area (Å²) in [6.45, 7) is 8.26. The first-order valence-electron chi connectivity index (χ1n) is 6.36. The van der Waals surface area contributed by atoms with E-state index >= 15 is 0 Å². The molecule has 0 amide bonds. The van der Waals surface area contributed by atoms with E-state index in [1.807, 2.05) is 13.8 Å². The van der Waals surface area contributed by atoms with Gasteiger partial charge in [-0.3, -0.25) is 4.79 Å². The van der Waals surface area contributed by atoms with Crippen molar-refractivity contribution in [3.05, 3.63) is 0 Å². The summed E-state index contributed by atoms with van der Waals surface area (Å²) >= 11 is 0. The quantitative estimate of drug-likeness (QED) is 0.679. The molecule has 0 aromatic heterocycles. The molecular weight excluding hydrogens is 204 g/mol. The lowest BCUT2D eigenvalue weighted by atomic mass is 9.80. The Morgan fingerprint density at radius 2 is 2.00 bits per heavy atom. The lowest BCUT2D eigenvalue weighted by Gasteiger charge is -2.38. The topological polar surface area (TPSA) is 35.5 Å². The predicted octanol–water partition coefficient (Wildman–Crippen LogP) is 2.59. The van der Waals surface area contributed by atoms with Crippen LogP contribution in [0.5, 0.6) is 0 Å². The molecule has 1 heterocycles. The van der Waals surface area contributed by atoms with E-state index in [1.165, 1.54) is 0 Å². The number of carbonyl (C=O) groups is 1. The molecule has 0 radical (unpaired) electrons. The van der Waals surface area contributed by atoms with Gasteiger partial charge in [0.15, 0.2) is 0 Å². The molecule has 0 aromatic rings. The van der Waals surface area contributed by atoms with Crippen molar-refractivity contribution < 1.29 is 14.3 Å². The van der Waals surface area contributed by atoms with Gasteiger partial charge in [0.25, 0.3) is 0 Å². The normalized spacial score (nSPS) is 43.3. The van der Waals surface area contributed by atoms with Gasteiger partial charge < -0.3 is 9.47 Å². The third-order valence-electron chi connectivity index (χ3n) is 4.05. The lowest BCUT2D eigenvalue weighted by Crippen LogP contribution is -2.45. The zero-order chi connectivity index (χ0) is 11.9. The molecule has 1 saturated carbocycles. The highest BCUT2D eigenvalue weighted by Gasteiger charge is 2.49. The van der Waals surface area contributed by atoms with Crippen LogP contribution in [0.3, 0.4) is 0 Å². The Morgan fingerprint density at radius 3 is 2.62 bits per heavy atom. The van der Waals surface area contributed by atoms with Crippen LogP contribution in [-0.2, 0) is 14.3 Å². The van der Waals surface area contributed by atoms with Crippen LogP contribution in [0.25, 0.3) is 0 Å². The van der Waals surface area contributed by atoms with Crippen LogP contribution < -0.4 is 0 Å². The maximum Gasteiger partial charge on any atom is 0.311 e. The summed E-state index contributed by atoms with van der Waals surface area (Å²) in [4.78, 5) is 11.9. The number of fused-ring (bicyclic) bond motifs is 1. The maximum absolute atomic E-state index is 11.9. The molecule has 1 saturated heterocycles. The van der Waals surface area contributed by atoms with E-state index < -0.39 is 0 Å². The van der Waals surface area contributed by atoms with Gasteiger partial charge in [0, 0.05) is 5.92 Å². The third kappa shape index (κ3) is 1.97. The van der Waals surface area contributed by atoms with Crippen molar-refractivity contribution in [3.63, 3.8) is 0 Å². The number of carbonyl (C=O) groups excluding carboxylic acids is 1. The molecule has 92 valence electrons. The van der Waals surface area contributed by atoms with Gasteiger partial charge in [-0.25, -0.2) is 0 Å². The van der Waals surface area contributed by atoms with Gasteiger partial charge in [-0.1, -0.05) is 13.8 Å². The molecule has 3 heteroatoms. The highest BCUT2D eigenvalue weighted by molar-refractivity contribution is 5.74. The zero-order valence-corrected chi connectivity index (χ0v) is 10.6. The Kier molecular flexibility index (Phi) is 3.24. The van der Waals surface area contributed by atoms with Crippen molar-refractivity contribution in [1.29, 1.82) is 0 Å². The summed E-state index contributed by atoms with van der Waals surface area (Å²) in [5.41, 5.74) is 0. The number of ether oxygens (including phenoxy) is 2. The molecule has 0 aromatic carbocycles. The predicted molar refractivity (Wildman–Crippen MR) is 60.6 cm³/mol. The SMILES string of the molecule is CC(C)OC1OC(=O)[C@H]2[C@H](CC[C@@H]2C)C1C. The Balaban J connectivity index is 2.10. The molecule has 3 nitrogen and oxygen atoms in total. The van der Waals surface area contributed by atoms with Gasteiger partial charge in [-0.15, -0.1) is 0 Å². The fraction of sp³-hybridized carbons (Fsp3) is 0.923. The summed E-state index contributed by atoms with van der Waals surface area (Å²) in [6, 6.07) is 0. The smallest absolute Gasteiger partial charge is 0.311 e. The van der Waals surface area contributed by atoms with E-state index in [4.69, 9.17) is 9.47 Å². The highest BCUT2D eigenvalue weighted by atomic mass is 16.7. The van der Waals surface area contributed by atoms with Crippen LogP contribution in [-0.4, -0.2) is 18.4 Å². The van der Waals surface area contributed by atoms with Crippen molar-refractivity contribution >= 4 is 5.97 Å². The van der Waals surface area contributed by atoms with Crippen LogP contribution >= 0.6 is 0 Å². The molecule has 2 fully saturated rings. The molecular formula is C13H22O3. The second-order valence-corrected chi connectivity index (χ2v) is 5.59. The maximum atomic E-state index is 11.9. The van der Waals surface area contributed by atoms with Gasteiger partial charge in [0.05, 0.1) is 12.0 Å². The van der Waals surface area contributed by atoms with Crippen molar-refractivity contribution in [2.24, 2.45) is 23.7 Å². The molecule has 16 heavy (non-hydrogen) atoms. The summed E-state index contributed by atoms with van der Waals surface area (Å²) in [7, 11) is 0. The molecule has 1 aliphatic carbocycles. The van der Waals surface area contributed by atoms with Crippen LogP contribution in [0, 0.1) is 23.7 Å². The average molecular weight is 226 g/mol. The molecule has 2 rings (SSSR count). The minimum Gasteiger partial charge on any atom is -0.435 e. The number of rotatable bonds is 2. The molecule has 2 aliphatic rings. The molecule has 1 aliphatic heterocycles. The molecule has 0 bridgehead atoms. The number of hydrogen-bond donors (Lipinski definition) is 0. The van der Waals surface area contributed by atoms with E-state index in [9.17, 15) is 4.79 Å². The first-order chi connectivity index (χ1) is 7.50. The number of hydrogen-bond acceptors (Lipinski definition) is 3. The Labute approximate surface area is 97.5 Å². The summed E-state index contributed by atoms with van der Waals surface area (Å²) in [6.07, 6.45) is 2.05. The van der Waals surface area contributed by atoms with Gasteiger partial charge in [0.2, 0.25) is 6.29 Å². The number of esters is 1. The van der Waals surface area contributed by atoms with Crippen LogP contribution in [0.4, 0.5) is 0 Å². The van der Waals surface area contributed by atoms with Crippen molar-refractivity contribution in [1.82, 2.24) is 0 Å². The molecule has 0 spiro atoms. The highest BCUT2D eigenvalue weighted by Crippen LogP contribution is 2.46.